The lowest BCUT2D eigenvalue weighted by Gasteiger charge is -2.39. The fourth-order valence-corrected chi connectivity index (χ4v) is 4.12. The van der Waals surface area contributed by atoms with E-state index in [4.69, 9.17) is 4.74 Å². The van der Waals surface area contributed by atoms with Crippen molar-refractivity contribution < 1.29 is 19.2 Å². The lowest BCUT2D eigenvalue weighted by atomic mass is 9.94. The van der Waals surface area contributed by atoms with Crippen LogP contribution in [0, 0.1) is 0 Å². The van der Waals surface area contributed by atoms with Gasteiger partial charge >= 0.3 is 11.2 Å². The van der Waals surface area contributed by atoms with E-state index < -0.39 is 22.4 Å². The minimum Gasteiger partial charge on any atom is -0.609 e. The van der Waals surface area contributed by atoms with E-state index in [0.29, 0.717) is 31.7 Å². The van der Waals surface area contributed by atoms with Gasteiger partial charge in [0.15, 0.2) is 0 Å². The van der Waals surface area contributed by atoms with Crippen molar-refractivity contribution in [3.05, 3.63) is 11.3 Å². The van der Waals surface area contributed by atoms with Crippen molar-refractivity contribution in [3.63, 3.8) is 0 Å². The third kappa shape index (κ3) is 4.87. The fourth-order valence-electron chi connectivity index (χ4n) is 3.66. The number of carbonyl (C=O) groups is 1. The summed E-state index contributed by atoms with van der Waals surface area (Å²) in [6.07, 6.45) is 3.38. The molecule has 8 nitrogen and oxygen atoms in total. The molecule has 1 amide bonds. The zero-order chi connectivity index (χ0) is 20.7. The standard InChI is InChI=1S/C19H30N4O4S/c1-18(2,3)27-17(24)22-10-7-13-14(11-22)20-16(28(5)26)21-15(13)23-9-6-8-19(4,25)12-23/h25H,6-12H2,1-5H3/t19-,28?/m1/s1. The van der Waals surface area contributed by atoms with Crippen molar-refractivity contribution in [3.8, 4) is 0 Å². The number of aliphatic hydroxyl groups is 1. The van der Waals surface area contributed by atoms with Crippen LogP contribution < -0.4 is 4.90 Å². The van der Waals surface area contributed by atoms with E-state index in [1.54, 1.807) is 11.2 Å². The van der Waals surface area contributed by atoms with Gasteiger partial charge < -0.3 is 24.2 Å². The SMILES string of the molecule is C[S+]([O-])c1nc2c(c(N3CCC[C@@](C)(O)C3)n1)CCN(C(=O)OC(C)(C)C)C2. The van der Waals surface area contributed by atoms with E-state index >= 15 is 0 Å². The summed E-state index contributed by atoms with van der Waals surface area (Å²) in [5.41, 5.74) is 0.326. The molecule has 0 bridgehead atoms. The van der Waals surface area contributed by atoms with E-state index in [9.17, 15) is 14.5 Å². The number of rotatable bonds is 2. The van der Waals surface area contributed by atoms with E-state index in [2.05, 4.69) is 14.9 Å². The van der Waals surface area contributed by atoms with Gasteiger partial charge in [-0.05, 0) is 47.0 Å². The Morgan fingerprint density at radius 1 is 1.32 bits per heavy atom. The van der Waals surface area contributed by atoms with Gasteiger partial charge in [-0.3, -0.25) is 0 Å². The Morgan fingerprint density at radius 2 is 2.04 bits per heavy atom. The number of piperidine rings is 1. The van der Waals surface area contributed by atoms with Gasteiger partial charge in [-0.25, -0.2) is 4.79 Å². The topological polar surface area (TPSA) is 102 Å². The summed E-state index contributed by atoms with van der Waals surface area (Å²) in [6.45, 7) is 9.41. The van der Waals surface area contributed by atoms with Crippen molar-refractivity contribution in [1.82, 2.24) is 14.9 Å². The van der Waals surface area contributed by atoms with E-state index in [1.165, 1.54) is 0 Å². The number of anilines is 1. The summed E-state index contributed by atoms with van der Waals surface area (Å²) < 4.78 is 17.6. The minimum absolute atomic E-state index is 0.255. The highest BCUT2D eigenvalue weighted by atomic mass is 32.2. The highest BCUT2D eigenvalue weighted by Crippen LogP contribution is 2.32. The molecule has 0 saturated carbocycles. The lowest BCUT2D eigenvalue weighted by molar-refractivity contribution is 0.0220. The Bertz CT molecular complexity index is 748. The van der Waals surface area contributed by atoms with Crippen LogP contribution >= 0.6 is 0 Å². The highest BCUT2D eigenvalue weighted by molar-refractivity contribution is 7.90. The lowest BCUT2D eigenvalue weighted by Crippen LogP contribution is -2.47. The maximum atomic E-state index is 12.5. The van der Waals surface area contributed by atoms with E-state index in [0.717, 1.165) is 30.8 Å². The molecule has 1 N–H and O–H groups in total. The molecule has 0 aromatic carbocycles. The summed E-state index contributed by atoms with van der Waals surface area (Å²) >= 11 is -1.34. The molecule has 0 spiro atoms. The van der Waals surface area contributed by atoms with Crippen LogP contribution in [0.2, 0.25) is 0 Å². The van der Waals surface area contributed by atoms with Crippen LogP contribution in [0.1, 0.15) is 51.8 Å². The molecule has 28 heavy (non-hydrogen) atoms. The molecule has 0 aliphatic carbocycles. The fraction of sp³-hybridized carbons (Fsp3) is 0.737. The Hall–Kier alpha value is -1.58. The molecule has 2 atom stereocenters. The second-order valence-electron chi connectivity index (χ2n) is 8.88. The molecular weight excluding hydrogens is 380 g/mol. The maximum absolute atomic E-state index is 12.5. The quantitative estimate of drug-likeness (QED) is 0.586. The third-order valence-corrected chi connectivity index (χ3v) is 5.60. The monoisotopic (exact) mass is 410 g/mol. The molecule has 0 radical (unpaired) electrons. The van der Waals surface area contributed by atoms with Gasteiger partial charge in [-0.2, -0.15) is 9.97 Å². The number of carbonyl (C=O) groups excluding carboxylic acids is 1. The second kappa shape index (κ2) is 7.68. The summed E-state index contributed by atoms with van der Waals surface area (Å²) in [4.78, 5) is 25.2. The molecule has 2 aliphatic heterocycles. The second-order valence-corrected chi connectivity index (χ2v) is 10.2. The van der Waals surface area contributed by atoms with Crippen molar-refractivity contribution in [1.29, 1.82) is 0 Å². The van der Waals surface area contributed by atoms with Gasteiger partial charge in [0.25, 0.3) is 0 Å². The van der Waals surface area contributed by atoms with Crippen LogP contribution in [0.4, 0.5) is 10.6 Å². The Kier molecular flexibility index (Phi) is 5.80. The van der Waals surface area contributed by atoms with Crippen molar-refractivity contribution >= 4 is 23.1 Å². The molecule has 1 aromatic rings. The molecule has 1 saturated heterocycles. The maximum Gasteiger partial charge on any atom is 0.410 e. The summed E-state index contributed by atoms with van der Waals surface area (Å²) in [5, 5.41) is 10.8. The number of aromatic nitrogens is 2. The first kappa shape index (κ1) is 21.1. The average Bonchev–Trinajstić information content (AvgIpc) is 2.57. The Labute approximate surface area is 169 Å². The van der Waals surface area contributed by atoms with Gasteiger partial charge in [-0.1, -0.05) is 0 Å². The van der Waals surface area contributed by atoms with Crippen LogP contribution in [0.3, 0.4) is 0 Å². The predicted molar refractivity (Wildman–Crippen MR) is 107 cm³/mol. The summed E-state index contributed by atoms with van der Waals surface area (Å²) in [5.74, 6) is 0.735. The largest absolute Gasteiger partial charge is 0.609 e. The Morgan fingerprint density at radius 3 is 2.64 bits per heavy atom. The molecule has 3 rings (SSSR count). The van der Waals surface area contributed by atoms with Crippen LogP contribution in [0.15, 0.2) is 5.16 Å². The van der Waals surface area contributed by atoms with Crippen molar-refractivity contribution in [2.24, 2.45) is 0 Å². The first-order chi connectivity index (χ1) is 13.0. The number of nitrogens with zero attached hydrogens (tertiary/aromatic N) is 4. The molecule has 9 heteroatoms. The first-order valence-corrected chi connectivity index (χ1v) is 11.2. The van der Waals surface area contributed by atoms with Crippen LogP contribution in [-0.2, 0) is 28.9 Å². The number of hydrogen-bond donors (Lipinski definition) is 1. The molecule has 2 aliphatic rings. The third-order valence-electron chi connectivity index (χ3n) is 4.91. The highest BCUT2D eigenvalue weighted by Gasteiger charge is 2.34. The van der Waals surface area contributed by atoms with Gasteiger partial charge in [0.05, 0.1) is 17.8 Å². The van der Waals surface area contributed by atoms with Crippen LogP contribution in [-0.4, -0.2) is 67.7 Å². The van der Waals surface area contributed by atoms with Gasteiger partial charge in [0.2, 0.25) is 0 Å². The summed E-state index contributed by atoms with van der Waals surface area (Å²) in [7, 11) is 0. The van der Waals surface area contributed by atoms with E-state index in [-0.39, 0.29) is 11.2 Å². The number of fused-ring (bicyclic) bond motifs is 1. The number of amides is 1. The van der Waals surface area contributed by atoms with E-state index in [1.807, 2.05) is 27.7 Å². The number of hydrogen-bond acceptors (Lipinski definition) is 7. The number of β-amino-alcohol motifs (C(OH)–C–C–N with tert-alkyl or cyclic N) is 1. The molecule has 1 fully saturated rings. The van der Waals surface area contributed by atoms with Crippen LogP contribution in [0.5, 0.6) is 0 Å². The minimum atomic E-state index is -1.34. The molecule has 3 heterocycles. The zero-order valence-corrected chi connectivity index (χ0v) is 18.1. The molecule has 1 unspecified atom stereocenters. The summed E-state index contributed by atoms with van der Waals surface area (Å²) in [6, 6.07) is 0. The zero-order valence-electron chi connectivity index (χ0n) is 17.3. The average molecular weight is 411 g/mol. The van der Waals surface area contributed by atoms with Crippen LogP contribution in [0.25, 0.3) is 0 Å². The van der Waals surface area contributed by atoms with Crippen molar-refractivity contribution in [2.45, 2.75) is 69.9 Å². The van der Waals surface area contributed by atoms with Gasteiger partial charge in [0.1, 0.15) is 17.7 Å². The molecule has 1 aromatic heterocycles. The van der Waals surface area contributed by atoms with Gasteiger partial charge in [-0.15, -0.1) is 0 Å². The molecule has 156 valence electrons. The number of ether oxygens (including phenoxy) is 1. The Balaban J connectivity index is 1.91. The van der Waals surface area contributed by atoms with Gasteiger partial charge in [0, 0.05) is 36.4 Å². The first-order valence-electron chi connectivity index (χ1n) is 9.64. The normalized spacial score (nSPS) is 24.0. The molecular formula is C19H30N4O4S. The van der Waals surface area contributed by atoms with Crippen molar-refractivity contribution in [2.75, 3.05) is 30.8 Å². The predicted octanol–water partition coefficient (Wildman–Crippen LogP) is 1.86. The smallest absolute Gasteiger partial charge is 0.410 e.